The standard InChI is InChI=1S/C16H18N8O2/c1-2-4-12(5-3-1)24-16(19-20-21-24)22-6-14-15(7-22)26-9-13(8-25-14)23-11-17-10-18-23/h1-5,10-11,13-15H,6-9H2/t14-,15-/m0/s1. The number of benzene rings is 1. The number of ether oxygens (including phenoxy) is 2. The maximum absolute atomic E-state index is 6.10. The molecule has 0 spiro atoms. The summed E-state index contributed by atoms with van der Waals surface area (Å²) < 4.78 is 15.7. The summed E-state index contributed by atoms with van der Waals surface area (Å²) in [4.78, 5) is 6.10. The molecule has 2 aromatic heterocycles. The molecule has 2 aliphatic rings. The van der Waals surface area contributed by atoms with Crippen LogP contribution >= 0.6 is 0 Å². The fourth-order valence-electron chi connectivity index (χ4n) is 3.42. The van der Waals surface area contributed by atoms with Crippen LogP contribution in [0.25, 0.3) is 5.69 Å². The molecular weight excluding hydrogens is 336 g/mol. The highest BCUT2D eigenvalue weighted by Gasteiger charge is 2.39. The first-order valence-electron chi connectivity index (χ1n) is 8.54. The van der Waals surface area contributed by atoms with Crippen molar-refractivity contribution in [3.8, 4) is 5.69 Å². The SMILES string of the molecule is c1ccc(-n2nnnc2N2C[C@@H]3OCC(n4cncn4)CO[C@H]3C2)cc1. The quantitative estimate of drug-likeness (QED) is 0.653. The van der Waals surface area contributed by atoms with E-state index in [4.69, 9.17) is 9.47 Å². The second-order valence-corrected chi connectivity index (χ2v) is 6.40. The van der Waals surface area contributed by atoms with Crippen LogP contribution in [0.5, 0.6) is 0 Å². The Morgan fingerprint density at radius 3 is 2.46 bits per heavy atom. The minimum atomic E-state index is -0.0237. The lowest BCUT2D eigenvalue weighted by Gasteiger charge is -2.19. The molecule has 0 radical (unpaired) electrons. The summed E-state index contributed by atoms with van der Waals surface area (Å²) >= 11 is 0. The van der Waals surface area contributed by atoms with E-state index in [0.717, 1.165) is 5.69 Å². The van der Waals surface area contributed by atoms with E-state index >= 15 is 0 Å². The van der Waals surface area contributed by atoms with E-state index < -0.39 is 0 Å². The van der Waals surface area contributed by atoms with Crippen molar-refractivity contribution in [1.82, 2.24) is 35.0 Å². The van der Waals surface area contributed by atoms with Gasteiger partial charge in [0.15, 0.2) is 0 Å². The highest BCUT2D eigenvalue weighted by molar-refractivity contribution is 5.42. The van der Waals surface area contributed by atoms with Crippen LogP contribution in [0.1, 0.15) is 6.04 Å². The molecule has 0 bridgehead atoms. The Labute approximate surface area is 149 Å². The zero-order chi connectivity index (χ0) is 17.3. The predicted molar refractivity (Wildman–Crippen MR) is 89.9 cm³/mol. The van der Waals surface area contributed by atoms with Crippen molar-refractivity contribution >= 4 is 5.95 Å². The Bertz CT molecular complexity index is 836. The van der Waals surface area contributed by atoms with Crippen LogP contribution in [0.15, 0.2) is 43.0 Å². The number of anilines is 1. The van der Waals surface area contributed by atoms with Crippen molar-refractivity contribution < 1.29 is 9.47 Å². The van der Waals surface area contributed by atoms with Crippen molar-refractivity contribution in [3.05, 3.63) is 43.0 Å². The third-order valence-electron chi connectivity index (χ3n) is 4.77. The van der Waals surface area contributed by atoms with Gasteiger partial charge in [-0.15, -0.1) is 0 Å². The maximum atomic E-state index is 6.10. The first-order chi connectivity index (χ1) is 12.9. The van der Waals surface area contributed by atoms with E-state index in [1.165, 1.54) is 6.33 Å². The Morgan fingerprint density at radius 1 is 1.00 bits per heavy atom. The van der Waals surface area contributed by atoms with Gasteiger partial charge in [0, 0.05) is 13.1 Å². The molecule has 2 atom stereocenters. The molecule has 5 rings (SSSR count). The minimum Gasteiger partial charge on any atom is -0.371 e. The van der Waals surface area contributed by atoms with Crippen molar-refractivity contribution in [3.63, 3.8) is 0 Å². The molecule has 2 saturated heterocycles. The average molecular weight is 354 g/mol. The van der Waals surface area contributed by atoms with Crippen LogP contribution in [0.2, 0.25) is 0 Å². The normalized spacial score (nSPS) is 23.8. The van der Waals surface area contributed by atoms with E-state index in [0.29, 0.717) is 32.3 Å². The molecule has 4 heterocycles. The van der Waals surface area contributed by atoms with Crippen LogP contribution in [0.3, 0.4) is 0 Å². The summed E-state index contributed by atoms with van der Waals surface area (Å²) in [6.45, 7) is 2.45. The van der Waals surface area contributed by atoms with Gasteiger partial charge in [-0.05, 0) is 22.6 Å². The molecule has 134 valence electrons. The molecule has 0 amide bonds. The number of nitrogens with zero attached hydrogens (tertiary/aromatic N) is 8. The summed E-state index contributed by atoms with van der Waals surface area (Å²) in [5.74, 6) is 0.698. The van der Waals surface area contributed by atoms with Crippen molar-refractivity contribution in [2.24, 2.45) is 0 Å². The highest BCUT2D eigenvalue weighted by Crippen LogP contribution is 2.27. The molecule has 3 aromatic rings. The fraction of sp³-hybridized carbons (Fsp3) is 0.438. The number of rotatable bonds is 3. The van der Waals surface area contributed by atoms with Gasteiger partial charge < -0.3 is 14.4 Å². The largest absolute Gasteiger partial charge is 0.371 e. The lowest BCUT2D eigenvalue weighted by molar-refractivity contribution is -0.00461. The summed E-state index contributed by atoms with van der Waals surface area (Å²) in [7, 11) is 0. The number of tetrazole rings is 1. The van der Waals surface area contributed by atoms with Crippen molar-refractivity contribution in [1.29, 1.82) is 0 Å². The van der Waals surface area contributed by atoms with Crippen molar-refractivity contribution in [2.45, 2.75) is 18.2 Å². The molecule has 0 unspecified atom stereocenters. The van der Waals surface area contributed by atoms with Gasteiger partial charge in [0.2, 0.25) is 0 Å². The maximum Gasteiger partial charge on any atom is 0.250 e. The fourth-order valence-corrected chi connectivity index (χ4v) is 3.42. The molecule has 2 aliphatic heterocycles. The third kappa shape index (κ3) is 2.72. The molecule has 10 heteroatoms. The first kappa shape index (κ1) is 15.4. The molecule has 0 aliphatic carbocycles. The number of fused-ring (bicyclic) bond motifs is 1. The first-order valence-corrected chi connectivity index (χ1v) is 8.54. The van der Waals surface area contributed by atoms with Gasteiger partial charge in [-0.25, -0.2) is 9.67 Å². The highest BCUT2D eigenvalue weighted by atomic mass is 16.6. The van der Waals surface area contributed by atoms with E-state index in [9.17, 15) is 0 Å². The van der Waals surface area contributed by atoms with Crippen LogP contribution < -0.4 is 4.90 Å². The second kappa shape index (κ2) is 6.46. The van der Waals surface area contributed by atoms with Gasteiger partial charge in [0.1, 0.15) is 30.9 Å². The zero-order valence-corrected chi connectivity index (χ0v) is 14.0. The van der Waals surface area contributed by atoms with Gasteiger partial charge >= 0.3 is 0 Å². The van der Waals surface area contributed by atoms with Crippen LogP contribution in [-0.4, -0.2) is 73.5 Å². The smallest absolute Gasteiger partial charge is 0.250 e. The summed E-state index contributed by atoms with van der Waals surface area (Å²) in [5, 5.41) is 16.4. The molecule has 0 saturated carbocycles. The van der Waals surface area contributed by atoms with Gasteiger partial charge in [0.25, 0.3) is 5.95 Å². The number of para-hydroxylation sites is 1. The average Bonchev–Trinajstić information content (AvgIpc) is 3.42. The minimum absolute atomic E-state index is 0.0237. The van der Waals surface area contributed by atoms with E-state index in [-0.39, 0.29) is 18.2 Å². The van der Waals surface area contributed by atoms with Gasteiger partial charge in [-0.2, -0.15) is 9.78 Å². The Hall–Kier alpha value is -2.85. The van der Waals surface area contributed by atoms with E-state index in [1.807, 2.05) is 30.3 Å². The molecule has 2 fully saturated rings. The van der Waals surface area contributed by atoms with Crippen LogP contribution in [-0.2, 0) is 9.47 Å². The molecule has 1 aromatic carbocycles. The lowest BCUT2D eigenvalue weighted by Crippen LogP contribution is -2.27. The van der Waals surface area contributed by atoms with Gasteiger partial charge in [0.05, 0.1) is 18.9 Å². The monoisotopic (exact) mass is 354 g/mol. The zero-order valence-electron chi connectivity index (χ0n) is 14.0. The molecule has 0 N–H and O–H groups in total. The molecule has 10 nitrogen and oxygen atoms in total. The Balaban J connectivity index is 1.32. The van der Waals surface area contributed by atoms with Gasteiger partial charge in [-0.3, -0.25) is 0 Å². The summed E-state index contributed by atoms with van der Waals surface area (Å²) in [6, 6.07) is 9.89. The van der Waals surface area contributed by atoms with Crippen molar-refractivity contribution in [2.75, 3.05) is 31.2 Å². The summed E-state index contributed by atoms with van der Waals surface area (Å²) in [5.41, 5.74) is 0.924. The molecule has 26 heavy (non-hydrogen) atoms. The summed E-state index contributed by atoms with van der Waals surface area (Å²) in [6.07, 6.45) is 3.17. The van der Waals surface area contributed by atoms with E-state index in [1.54, 1.807) is 15.7 Å². The Morgan fingerprint density at radius 2 is 1.77 bits per heavy atom. The molecular formula is C16H18N8O2. The number of hydrogen-bond acceptors (Lipinski definition) is 8. The topological polar surface area (TPSA) is 96.0 Å². The Kier molecular flexibility index (Phi) is 3.83. The number of aromatic nitrogens is 7. The van der Waals surface area contributed by atoms with Crippen LogP contribution in [0, 0.1) is 0 Å². The second-order valence-electron chi connectivity index (χ2n) is 6.40. The number of hydrogen-bond donors (Lipinski definition) is 0. The van der Waals surface area contributed by atoms with Crippen LogP contribution in [0.4, 0.5) is 5.95 Å². The van der Waals surface area contributed by atoms with E-state index in [2.05, 4.69) is 30.5 Å². The third-order valence-corrected chi connectivity index (χ3v) is 4.77. The lowest BCUT2D eigenvalue weighted by atomic mass is 10.3. The van der Waals surface area contributed by atoms with Gasteiger partial charge in [-0.1, -0.05) is 23.3 Å². The predicted octanol–water partition coefficient (Wildman–Crippen LogP) is 0.0991.